The monoisotopic (exact) mass is 312 g/mol. The molecule has 0 unspecified atom stereocenters. The zero-order chi connectivity index (χ0) is 14.9. The third-order valence-electron chi connectivity index (χ3n) is 2.80. The van der Waals surface area contributed by atoms with Crippen molar-refractivity contribution in [1.82, 2.24) is 9.78 Å². The number of aromatic nitrogens is 2. The van der Waals surface area contributed by atoms with E-state index in [4.69, 9.17) is 23.2 Å². The lowest BCUT2D eigenvalue weighted by Gasteiger charge is -2.18. The summed E-state index contributed by atoms with van der Waals surface area (Å²) in [5.41, 5.74) is 1.77. The largest absolute Gasteiger partial charge is 0.376 e. The summed E-state index contributed by atoms with van der Waals surface area (Å²) in [6.45, 7) is 0. The maximum Gasteiger partial charge on any atom is 0.275 e. The van der Waals surface area contributed by atoms with Crippen molar-refractivity contribution in [3.8, 4) is 0 Å². The fourth-order valence-electron chi connectivity index (χ4n) is 1.85. The fourth-order valence-corrected chi connectivity index (χ4v) is 2.27. The summed E-state index contributed by atoms with van der Waals surface area (Å²) in [5, 5.41) is 7.60. The quantitative estimate of drug-likeness (QED) is 0.947. The first-order valence-corrected chi connectivity index (χ1v) is 6.61. The molecule has 1 amide bonds. The number of hydrogen-bond donors (Lipinski definition) is 1. The number of carbonyl (C=O) groups excluding carboxylic acids is 1. The van der Waals surface area contributed by atoms with Crippen molar-refractivity contribution in [2.75, 3.05) is 24.3 Å². The zero-order valence-electron chi connectivity index (χ0n) is 11.3. The summed E-state index contributed by atoms with van der Waals surface area (Å²) < 4.78 is 1.43. The van der Waals surface area contributed by atoms with Gasteiger partial charge in [-0.2, -0.15) is 5.10 Å². The van der Waals surface area contributed by atoms with E-state index in [1.807, 2.05) is 25.1 Å². The molecule has 1 heterocycles. The van der Waals surface area contributed by atoms with Crippen LogP contribution in [0.1, 0.15) is 10.5 Å². The second-order valence-corrected chi connectivity index (χ2v) is 5.32. The average molecular weight is 313 g/mol. The van der Waals surface area contributed by atoms with Crippen LogP contribution in [0.15, 0.2) is 24.4 Å². The number of rotatable bonds is 3. The Balaban J connectivity index is 2.35. The van der Waals surface area contributed by atoms with Crippen molar-refractivity contribution in [2.24, 2.45) is 7.05 Å². The molecule has 2 aromatic rings. The molecular formula is C13H14Cl2N4O. The van der Waals surface area contributed by atoms with Gasteiger partial charge in [-0.25, -0.2) is 0 Å². The predicted octanol–water partition coefficient (Wildman–Crippen LogP) is 3.05. The van der Waals surface area contributed by atoms with Crippen LogP contribution in [-0.2, 0) is 7.05 Å². The molecule has 0 atom stereocenters. The molecule has 0 aliphatic carbocycles. The fraction of sp³-hybridized carbons (Fsp3) is 0.231. The Bertz CT molecular complexity index is 632. The Labute approximate surface area is 127 Å². The van der Waals surface area contributed by atoms with E-state index in [1.165, 1.54) is 10.9 Å². The third kappa shape index (κ3) is 2.89. The van der Waals surface area contributed by atoms with Gasteiger partial charge >= 0.3 is 0 Å². The number of anilines is 2. The highest BCUT2D eigenvalue weighted by Gasteiger charge is 2.17. The highest BCUT2D eigenvalue weighted by Crippen LogP contribution is 2.28. The van der Waals surface area contributed by atoms with E-state index in [0.29, 0.717) is 21.4 Å². The van der Waals surface area contributed by atoms with Crippen LogP contribution in [0.5, 0.6) is 0 Å². The molecule has 0 radical (unpaired) electrons. The Kier molecular flexibility index (Phi) is 4.20. The second-order valence-electron chi connectivity index (χ2n) is 4.47. The lowest BCUT2D eigenvalue weighted by atomic mass is 10.2. The molecule has 0 bridgehead atoms. The molecule has 106 valence electrons. The van der Waals surface area contributed by atoms with Crippen molar-refractivity contribution in [2.45, 2.75) is 0 Å². The van der Waals surface area contributed by atoms with Gasteiger partial charge < -0.3 is 10.2 Å². The number of nitrogens with zero attached hydrogens (tertiary/aromatic N) is 3. The second kappa shape index (κ2) is 5.73. The topological polar surface area (TPSA) is 50.2 Å². The predicted molar refractivity (Wildman–Crippen MR) is 82.0 cm³/mol. The van der Waals surface area contributed by atoms with Crippen LogP contribution in [0.25, 0.3) is 0 Å². The van der Waals surface area contributed by atoms with E-state index in [2.05, 4.69) is 10.4 Å². The Morgan fingerprint density at radius 2 is 2.05 bits per heavy atom. The number of aryl methyl sites for hydroxylation is 1. The molecule has 7 heteroatoms. The lowest BCUT2D eigenvalue weighted by molar-refractivity contribution is 0.101. The molecule has 1 aromatic heterocycles. The molecule has 0 aliphatic heterocycles. The van der Waals surface area contributed by atoms with Crippen molar-refractivity contribution in [3.63, 3.8) is 0 Å². The van der Waals surface area contributed by atoms with Gasteiger partial charge in [-0.15, -0.1) is 0 Å². The normalized spacial score (nSPS) is 10.4. The minimum atomic E-state index is -0.333. The first kappa shape index (κ1) is 14.7. The van der Waals surface area contributed by atoms with E-state index in [0.717, 1.165) is 5.69 Å². The minimum Gasteiger partial charge on any atom is -0.376 e. The van der Waals surface area contributed by atoms with Crippen LogP contribution in [0.3, 0.4) is 0 Å². The lowest BCUT2D eigenvalue weighted by Crippen LogP contribution is -2.19. The average Bonchev–Trinajstić information content (AvgIpc) is 2.68. The minimum absolute atomic E-state index is 0.302. The van der Waals surface area contributed by atoms with Crippen molar-refractivity contribution < 1.29 is 4.79 Å². The molecular weight excluding hydrogens is 299 g/mol. The Morgan fingerprint density at radius 1 is 1.35 bits per heavy atom. The molecule has 0 fully saturated rings. The third-order valence-corrected chi connectivity index (χ3v) is 3.31. The van der Waals surface area contributed by atoms with Gasteiger partial charge in [0.15, 0.2) is 0 Å². The molecule has 0 spiro atoms. The summed E-state index contributed by atoms with van der Waals surface area (Å²) >= 11 is 11.9. The molecule has 1 aromatic carbocycles. The Hall–Kier alpha value is -1.72. The summed E-state index contributed by atoms with van der Waals surface area (Å²) in [4.78, 5) is 14.2. The molecule has 1 N–H and O–H groups in total. The molecule has 20 heavy (non-hydrogen) atoms. The van der Waals surface area contributed by atoms with Crippen molar-refractivity contribution in [3.05, 3.63) is 40.1 Å². The van der Waals surface area contributed by atoms with Crippen LogP contribution in [0, 0.1) is 0 Å². The molecule has 2 rings (SSSR count). The molecule has 5 nitrogen and oxygen atoms in total. The highest BCUT2D eigenvalue weighted by molar-refractivity contribution is 6.34. The summed E-state index contributed by atoms with van der Waals surface area (Å²) in [6, 6.07) is 5.30. The van der Waals surface area contributed by atoms with Gasteiger partial charge in [0, 0.05) is 26.2 Å². The maximum absolute atomic E-state index is 12.3. The molecule has 0 aliphatic rings. The SMILES string of the molecule is CN(C)c1ccc(Cl)cc1NC(=O)c1c(Cl)cnn1C. The van der Waals surface area contributed by atoms with Crippen molar-refractivity contribution >= 4 is 40.5 Å². The standard InChI is InChI=1S/C13H14Cl2N4O/c1-18(2)11-5-4-8(14)6-10(11)17-13(20)12-9(15)7-16-19(12)3/h4-7H,1-3H3,(H,17,20). The van der Waals surface area contributed by atoms with Gasteiger partial charge in [0.05, 0.1) is 22.6 Å². The van der Waals surface area contributed by atoms with Crippen LogP contribution in [-0.4, -0.2) is 29.8 Å². The van der Waals surface area contributed by atoms with Gasteiger partial charge in [-0.05, 0) is 18.2 Å². The van der Waals surface area contributed by atoms with Crippen LogP contribution in [0.2, 0.25) is 10.0 Å². The number of carbonyl (C=O) groups is 1. The van der Waals surface area contributed by atoms with Gasteiger partial charge in [0.25, 0.3) is 5.91 Å². The van der Waals surface area contributed by atoms with E-state index >= 15 is 0 Å². The number of halogens is 2. The first-order valence-electron chi connectivity index (χ1n) is 5.86. The van der Waals surface area contributed by atoms with E-state index in [-0.39, 0.29) is 5.91 Å². The van der Waals surface area contributed by atoms with Crippen LogP contribution in [0.4, 0.5) is 11.4 Å². The number of benzene rings is 1. The summed E-state index contributed by atoms with van der Waals surface area (Å²) in [6.07, 6.45) is 1.43. The number of hydrogen-bond acceptors (Lipinski definition) is 3. The molecule has 0 saturated carbocycles. The maximum atomic E-state index is 12.3. The van der Waals surface area contributed by atoms with E-state index in [1.54, 1.807) is 19.2 Å². The summed E-state index contributed by atoms with van der Waals surface area (Å²) in [5.74, 6) is -0.333. The van der Waals surface area contributed by atoms with E-state index in [9.17, 15) is 4.79 Å². The van der Waals surface area contributed by atoms with Gasteiger partial charge in [-0.1, -0.05) is 23.2 Å². The smallest absolute Gasteiger partial charge is 0.275 e. The Morgan fingerprint density at radius 3 is 2.60 bits per heavy atom. The number of nitrogens with one attached hydrogen (secondary N) is 1. The van der Waals surface area contributed by atoms with Crippen LogP contribution >= 0.6 is 23.2 Å². The zero-order valence-corrected chi connectivity index (χ0v) is 12.8. The van der Waals surface area contributed by atoms with E-state index < -0.39 is 0 Å². The van der Waals surface area contributed by atoms with Gasteiger partial charge in [-0.3, -0.25) is 9.48 Å². The first-order chi connectivity index (χ1) is 9.40. The summed E-state index contributed by atoms with van der Waals surface area (Å²) in [7, 11) is 5.43. The van der Waals surface area contributed by atoms with Crippen molar-refractivity contribution in [1.29, 1.82) is 0 Å². The van der Waals surface area contributed by atoms with Gasteiger partial charge in [0.2, 0.25) is 0 Å². The number of amides is 1. The van der Waals surface area contributed by atoms with Gasteiger partial charge in [0.1, 0.15) is 5.69 Å². The van der Waals surface area contributed by atoms with Crippen LogP contribution < -0.4 is 10.2 Å². The molecule has 0 saturated heterocycles. The highest BCUT2D eigenvalue weighted by atomic mass is 35.5.